The summed E-state index contributed by atoms with van der Waals surface area (Å²) in [6, 6.07) is 6.47. The molecule has 5 rings (SSSR count). The lowest BCUT2D eigenvalue weighted by atomic mass is 9.86. The van der Waals surface area contributed by atoms with Crippen LogP contribution in [0.5, 0.6) is 0 Å². The van der Waals surface area contributed by atoms with Crippen molar-refractivity contribution in [1.29, 1.82) is 0 Å². The van der Waals surface area contributed by atoms with E-state index in [1.165, 1.54) is 55.4 Å². The Morgan fingerprint density at radius 2 is 1.68 bits per heavy atom. The second-order valence-electron chi connectivity index (χ2n) is 11.0. The lowest BCUT2D eigenvalue weighted by Crippen LogP contribution is -2.43. The van der Waals surface area contributed by atoms with Crippen molar-refractivity contribution in [2.45, 2.75) is 90.3 Å². The van der Waals surface area contributed by atoms with Crippen molar-refractivity contribution in [2.75, 3.05) is 32.8 Å². The first-order valence-corrected chi connectivity index (χ1v) is 13.6. The van der Waals surface area contributed by atoms with Gasteiger partial charge in [0.25, 0.3) is 0 Å². The maximum absolute atomic E-state index is 14.4. The van der Waals surface area contributed by atoms with Gasteiger partial charge in [-0.1, -0.05) is 11.1 Å². The number of hydrogen-bond acceptors (Lipinski definition) is 3. The second kappa shape index (κ2) is 10.5. The molecule has 2 saturated heterocycles. The fourth-order valence-corrected chi connectivity index (χ4v) is 6.87. The van der Waals surface area contributed by atoms with Crippen LogP contribution >= 0.6 is 0 Å². The number of fused-ring (bicyclic) bond motifs is 1. The second-order valence-corrected chi connectivity index (χ2v) is 11.0. The molecule has 0 radical (unpaired) electrons. The van der Waals surface area contributed by atoms with Crippen LogP contribution in [0.4, 0.5) is 4.39 Å². The zero-order chi connectivity index (χ0) is 23.7. The summed E-state index contributed by atoms with van der Waals surface area (Å²) in [5, 5.41) is 11.0. The summed E-state index contributed by atoms with van der Waals surface area (Å²) >= 11 is 0. The van der Waals surface area contributed by atoms with Crippen LogP contribution in [-0.4, -0.2) is 58.3 Å². The molecule has 3 aliphatic rings. The normalized spacial score (nSPS) is 23.3. The van der Waals surface area contributed by atoms with Gasteiger partial charge in [0, 0.05) is 61.3 Å². The van der Waals surface area contributed by atoms with E-state index < -0.39 is 0 Å². The highest BCUT2D eigenvalue weighted by Crippen LogP contribution is 2.37. The molecule has 1 saturated carbocycles. The van der Waals surface area contributed by atoms with Crippen molar-refractivity contribution in [3.8, 4) is 0 Å². The number of hydrogen-bond donors (Lipinski definition) is 1. The van der Waals surface area contributed by atoms with Crippen molar-refractivity contribution in [2.24, 2.45) is 0 Å². The number of halogens is 1. The number of allylic oxidation sites excluding steroid dienone is 2. The Bertz CT molecular complexity index is 1010. The molecule has 2 aromatic rings. The summed E-state index contributed by atoms with van der Waals surface area (Å²) < 4.78 is 16.8. The summed E-state index contributed by atoms with van der Waals surface area (Å²) in [5.41, 5.74) is 6.84. The molecule has 5 heteroatoms. The van der Waals surface area contributed by atoms with E-state index in [2.05, 4.69) is 28.2 Å². The van der Waals surface area contributed by atoms with Crippen molar-refractivity contribution in [3.05, 3.63) is 46.4 Å². The van der Waals surface area contributed by atoms with E-state index in [9.17, 15) is 9.50 Å². The van der Waals surface area contributed by atoms with E-state index in [4.69, 9.17) is 0 Å². The number of nitrogens with zero attached hydrogens (tertiary/aromatic N) is 3. The molecule has 0 spiro atoms. The molecular weight excluding hydrogens is 425 g/mol. The maximum atomic E-state index is 14.4. The third-order valence-corrected chi connectivity index (χ3v) is 8.76. The Balaban J connectivity index is 1.38. The lowest BCUT2D eigenvalue weighted by molar-refractivity contribution is 0.116. The summed E-state index contributed by atoms with van der Waals surface area (Å²) in [7, 11) is 0. The van der Waals surface area contributed by atoms with Crippen LogP contribution in [0, 0.1) is 5.82 Å². The van der Waals surface area contributed by atoms with Gasteiger partial charge < -0.3 is 14.6 Å². The average molecular weight is 468 g/mol. The minimum absolute atomic E-state index is 0.138. The van der Waals surface area contributed by atoms with Crippen LogP contribution in [0.25, 0.3) is 10.9 Å². The topological polar surface area (TPSA) is 31.6 Å². The van der Waals surface area contributed by atoms with E-state index >= 15 is 0 Å². The highest BCUT2D eigenvalue weighted by Gasteiger charge is 2.31. The first-order valence-electron chi connectivity index (χ1n) is 13.6. The van der Waals surface area contributed by atoms with Gasteiger partial charge in [-0.3, -0.25) is 4.90 Å². The molecule has 1 aromatic heterocycles. The zero-order valence-corrected chi connectivity index (χ0v) is 21.2. The molecule has 3 heterocycles. The lowest BCUT2D eigenvalue weighted by Gasteiger charge is -2.41. The molecular formula is C29H42FN3O. The molecule has 4 nitrogen and oxygen atoms in total. The molecule has 1 aromatic carbocycles. The van der Waals surface area contributed by atoms with Crippen LogP contribution in [0.15, 0.2) is 29.3 Å². The van der Waals surface area contributed by atoms with Crippen LogP contribution in [0.3, 0.4) is 0 Å². The summed E-state index contributed by atoms with van der Waals surface area (Å²) in [4.78, 5) is 5.23. The number of rotatable bonds is 6. The highest BCUT2D eigenvalue weighted by atomic mass is 19.1. The highest BCUT2D eigenvalue weighted by molar-refractivity contribution is 5.86. The van der Waals surface area contributed by atoms with Gasteiger partial charge >= 0.3 is 0 Å². The fraction of sp³-hybridized carbons (Fsp3) is 0.655. The Morgan fingerprint density at radius 3 is 2.32 bits per heavy atom. The monoisotopic (exact) mass is 467 g/mol. The maximum Gasteiger partial charge on any atom is 0.123 e. The van der Waals surface area contributed by atoms with E-state index in [1.807, 2.05) is 6.07 Å². The molecule has 1 N–H and O–H groups in total. The van der Waals surface area contributed by atoms with E-state index in [0.29, 0.717) is 12.5 Å². The Morgan fingerprint density at radius 1 is 0.971 bits per heavy atom. The number of benzene rings is 1. The molecule has 186 valence electrons. The standard InChI is InChI=1S/C29H42FN3O/c1-21(2)22-5-8-24(9-6-22)32-16-11-25(12-17-32)33-28-10-7-23(30)19-26(28)27(29(33)13-18-34)20-31-14-3-4-15-31/h7,10,19,24-25,34H,3-6,8-9,11-18,20H2,1-2H3. The molecule has 34 heavy (non-hydrogen) atoms. The van der Waals surface area contributed by atoms with Crippen LogP contribution < -0.4 is 0 Å². The van der Waals surface area contributed by atoms with E-state index in [1.54, 1.807) is 17.7 Å². The molecule has 0 bridgehead atoms. The number of piperidine rings is 1. The predicted molar refractivity (Wildman–Crippen MR) is 138 cm³/mol. The molecule has 0 amide bonds. The zero-order valence-electron chi connectivity index (χ0n) is 21.2. The van der Waals surface area contributed by atoms with Crippen LogP contribution in [0.2, 0.25) is 0 Å². The van der Waals surface area contributed by atoms with E-state index in [-0.39, 0.29) is 12.4 Å². The van der Waals surface area contributed by atoms with Gasteiger partial charge in [0.15, 0.2) is 0 Å². The van der Waals surface area contributed by atoms with Gasteiger partial charge in [0.1, 0.15) is 5.82 Å². The number of aliphatic hydroxyl groups excluding tert-OH is 1. The van der Waals surface area contributed by atoms with Crippen molar-refractivity contribution < 1.29 is 9.50 Å². The summed E-state index contributed by atoms with van der Waals surface area (Å²) in [6.45, 7) is 10.0. The van der Waals surface area contributed by atoms with Gasteiger partial charge in [-0.05, 0) is 102 Å². The third-order valence-electron chi connectivity index (χ3n) is 8.76. The molecule has 0 atom stereocenters. The smallest absolute Gasteiger partial charge is 0.123 e. The van der Waals surface area contributed by atoms with E-state index in [0.717, 1.165) is 62.5 Å². The van der Waals surface area contributed by atoms with Crippen LogP contribution in [-0.2, 0) is 13.0 Å². The summed E-state index contributed by atoms with van der Waals surface area (Å²) in [6.07, 6.45) is 10.5. The number of aromatic nitrogens is 1. The van der Waals surface area contributed by atoms with Crippen molar-refractivity contribution in [1.82, 2.24) is 14.4 Å². The quantitative estimate of drug-likeness (QED) is 0.543. The van der Waals surface area contributed by atoms with Gasteiger partial charge in [-0.25, -0.2) is 4.39 Å². The number of aliphatic hydroxyl groups is 1. The largest absolute Gasteiger partial charge is 0.396 e. The minimum Gasteiger partial charge on any atom is -0.396 e. The average Bonchev–Trinajstić information content (AvgIpc) is 3.46. The molecule has 3 fully saturated rings. The fourth-order valence-electron chi connectivity index (χ4n) is 6.87. The summed E-state index contributed by atoms with van der Waals surface area (Å²) in [5.74, 6) is -0.161. The van der Waals surface area contributed by atoms with Gasteiger partial charge in [0.05, 0.1) is 0 Å². The molecule has 2 aliphatic heterocycles. The predicted octanol–water partition coefficient (Wildman–Crippen LogP) is 5.83. The Kier molecular flexibility index (Phi) is 7.43. The third kappa shape index (κ3) is 4.84. The Labute approximate surface area is 204 Å². The minimum atomic E-state index is -0.161. The van der Waals surface area contributed by atoms with Crippen LogP contribution in [0.1, 0.15) is 82.5 Å². The van der Waals surface area contributed by atoms with Crippen molar-refractivity contribution >= 4 is 10.9 Å². The van der Waals surface area contributed by atoms with Crippen molar-refractivity contribution in [3.63, 3.8) is 0 Å². The SMILES string of the molecule is CC(C)=C1CCC(N2CCC(n3c(CCO)c(CN4CCCC4)c4cc(F)ccc43)CC2)CC1. The molecule has 0 unspecified atom stereocenters. The van der Waals surface area contributed by atoms with Gasteiger partial charge in [0.2, 0.25) is 0 Å². The first kappa shape index (κ1) is 24.0. The van der Waals surface area contributed by atoms with Gasteiger partial charge in [-0.15, -0.1) is 0 Å². The Hall–Kier alpha value is -1.69. The number of likely N-dealkylation sites (tertiary alicyclic amines) is 2. The van der Waals surface area contributed by atoms with Gasteiger partial charge in [-0.2, -0.15) is 0 Å². The molecule has 1 aliphatic carbocycles. The first-order chi connectivity index (χ1) is 16.5.